The molecule has 1 nitrogen and oxygen atoms in total. The zero-order valence-corrected chi connectivity index (χ0v) is 20.1. The number of hydrogen-bond acceptors (Lipinski definition) is 4. The molecule has 5 rings (SSSR count). The topological polar surface area (TPSA) is 9.23 Å². The number of hydrogen-bond donors (Lipinski definition) is 0. The highest BCUT2D eigenvalue weighted by molar-refractivity contribution is 7.35. The normalized spacial score (nSPS) is 11.8. The largest absolute Gasteiger partial charge is 0.496 e. The predicted octanol–water partition coefficient (Wildman–Crippen LogP) is 6.69. The highest BCUT2D eigenvalue weighted by Crippen LogP contribution is 2.39. The molecule has 0 spiro atoms. The van der Waals surface area contributed by atoms with Crippen molar-refractivity contribution in [2.75, 3.05) is 7.11 Å². The van der Waals surface area contributed by atoms with Crippen molar-refractivity contribution in [3.05, 3.63) is 123 Å². The minimum absolute atomic E-state index is 0.147. The third kappa shape index (κ3) is 4.12. The molecule has 2 aromatic carbocycles. The molecule has 5 aromatic rings. The fraction of sp³-hybridized carbons (Fsp3) is 0.0370. The van der Waals surface area contributed by atoms with E-state index in [1.807, 2.05) is 28.7 Å². The molecule has 3 aromatic heterocycles. The molecule has 0 saturated heterocycles. The molecule has 0 fully saturated rings. The van der Waals surface area contributed by atoms with Gasteiger partial charge in [0, 0.05) is 10.4 Å². The molecular formula is C27H21BOS3. The Bertz CT molecular complexity index is 1250. The summed E-state index contributed by atoms with van der Waals surface area (Å²) < 4.78 is 8.54. The van der Waals surface area contributed by atoms with Crippen LogP contribution in [0.4, 0.5) is 0 Å². The van der Waals surface area contributed by atoms with E-state index in [1.54, 1.807) is 18.4 Å². The van der Waals surface area contributed by atoms with Crippen molar-refractivity contribution in [2.24, 2.45) is 0 Å². The van der Waals surface area contributed by atoms with E-state index in [-0.39, 0.29) is 6.71 Å². The van der Waals surface area contributed by atoms with Gasteiger partial charge in [-0.3, -0.25) is 0 Å². The highest BCUT2D eigenvalue weighted by Gasteiger charge is 2.32. The molecule has 32 heavy (non-hydrogen) atoms. The summed E-state index contributed by atoms with van der Waals surface area (Å²) in [5, 5.41) is 6.51. The van der Waals surface area contributed by atoms with E-state index in [9.17, 15) is 0 Å². The second kappa shape index (κ2) is 9.74. The summed E-state index contributed by atoms with van der Waals surface area (Å²) in [4.78, 5) is 1.28. The first-order chi connectivity index (χ1) is 15.9. The van der Waals surface area contributed by atoms with Crippen molar-refractivity contribution in [3.8, 4) is 5.75 Å². The van der Waals surface area contributed by atoms with Crippen molar-refractivity contribution in [2.45, 2.75) is 0 Å². The van der Waals surface area contributed by atoms with Gasteiger partial charge >= 0.3 is 0 Å². The molecule has 3 heterocycles. The second-order valence-electron chi connectivity index (χ2n) is 7.30. The van der Waals surface area contributed by atoms with Crippen LogP contribution in [0.15, 0.2) is 107 Å². The Morgan fingerprint density at radius 1 is 0.656 bits per heavy atom. The Labute approximate surface area is 201 Å². The highest BCUT2D eigenvalue weighted by atomic mass is 32.1. The van der Waals surface area contributed by atoms with E-state index in [0.717, 1.165) is 11.3 Å². The van der Waals surface area contributed by atoms with Crippen LogP contribution in [0.25, 0.3) is 11.0 Å². The first-order valence-corrected chi connectivity index (χ1v) is 13.0. The Morgan fingerprint density at radius 3 is 1.88 bits per heavy atom. The Hall–Kier alpha value is -2.86. The number of rotatable bonds is 7. The lowest BCUT2D eigenvalue weighted by Gasteiger charge is -2.22. The number of thiophene rings is 3. The van der Waals surface area contributed by atoms with Crippen LogP contribution >= 0.6 is 34.0 Å². The van der Waals surface area contributed by atoms with Gasteiger partial charge < -0.3 is 4.74 Å². The summed E-state index contributed by atoms with van der Waals surface area (Å²) in [6.45, 7) is 0.147. The molecular weight excluding hydrogens is 447 g/mol. The fourth-order valence-electron chi connectivity index (χ4n) is 4.09. The summed E-state index contributed by atoms with van der Waals surface area (Å²) in [5.74, 6) is 0.886. The SMILES string of the molecule is COc1ccccc1/C(=C(\B(c1cccs1)c1cccs1)c1cccs1)c1ccccc1. The molecule has 0 unspecified atom stereocenters. The van der Waals surface area contributed by atoms with Gasteiger partial charge in [-0.25, -0.2) is 0 Å². The van der Waals surface area contributed by atoms with Crippen LogP contribution in [-0.2, 0) is 0 Å². The smallest absolute Gasteiger partial charge is 0.268 e. The number of benzene rings is 2. The van der Waals surface area contributed by atoms with Crippen LogP contribution in [0.5, 0.6) is 5.75 Å². The maximum Gasteiger partial charge on any atom is 0.268 e. The van der Waals surface area contributed by atoms with Crippen LogP contribution in [0.3, 0.4) is 0 Å². The zero-order chi connectivity index (χ0) is 21.8. The molecule has 0 aliphatic rings. The summed E-state index contributed by atoms with van der Waals surface area (Å²) in [6.07, 6.45) is 0. The monoisotopic (exact) mass is 468 g/mol. The van der Waals surface area contributed by atoms with Crippen molar-refractivity contribution < 1.29 is 4.74 Å². The van der Waals surface area contributed by atoms with Crippen molar-refractivity contribution in [3.63, 3.8) is 0 Å². The number of methoxy groups -OCH3 is 1. The standard InChI is InChI=1S/C27H21BOS3/c1-29-22-13-6-5-12-21(22)26(20-10-3-2-4-11-20)27(23-14-7-17-30-23)28(24-15-8-18-31-24)25-16-9-19-32-25/h2-19H,1H3/b27-26-. The fourth-order valence-corrected chi connectivity index (χ4v) is 6.68. The number of ether oxygens (including phenoxy) is 1. The van der Waals surface area contributed by atoms with Crippen molar-refractivity contribution in [1.82, 2.24) is 0 Å². The van der Waals surface area contributed by atoms with E-state index in [2.05, 4.69) is 101 Å². The molecule has 0 bridgehead atoms. The molecule has 0 atom stereocenters. The van der Waals surface area contributed by atoms with Gasteiger partial charge in [0.05, 0.1) is 7.11 Å². The average molecular weight is 468 g/mol. The van der Waals surface area contributed by atoms with E-state index in [1.165, 1.54) is 31.0 Å². The molecule has 5 heteroatoms. The molecule has 0 N–H and O–H groups in total. The van der Waals surface area contributed by atoms with Gasteiger partial charge in [-0.05, 0) is 54.4 Å². The van der Waals surface area contributed by atoms with Crippen LogP contribution in [-0.4, -0.2) is 13.8 Å². The van der Waals surface area contributed by atoms with E-state index in [4.69, 9.17) is 4.74 Å². The van der Waals surface area contributed by atoms with Gasteiger partial charge in [-0.1, -0.05) is 78.9 Å². The maximum absolute atomic E-state index is 5.85. The minimum atomic E-state index is 0.147. The minimum Gasteiger partial charge on any atom is -0.496 e. The first-order valence-electron chi connectivity index (χ1n) is 10.4. The van der Waals surface area contributed by atoms with E-state index < -0.39 is 0 Å². The van der Waals surface area contributed by atoms with Crippen molar-refractivity contribution >= 4 is 61.3 Å². The average Bonchev–Trinajstić information content (AvgIpc) is 3.64. The zero-order valence-electron chi connectivity index (χ0n) is 17.6. The van der Waals surface area contributed by atoms with Gasteiger partial charge in [-0.15, -0.1) is 11.3 Å². The van der Waals surface area contributed by atoms with Gasteiger partial charge in [0.1, 0.15) is 5.75 Å². The third-order valence-electron chi connectivity index (χ3n) is 5.44. The van der Waals surface area contributed by atoms with E-state index >= 15 is 0 Å². The summed E-state index contributed by atoms with van der Waals surface area (Å²) in [7, 11) is 1.75. The third-order valence-corrected chi connectivity index (χ3v) is 8.22. The quantitative estimate of drug-likeness (QED) is 0.242. The van der Waals surface area contributed by atoms with E-state index in [0.29, 0.717) is 0 Å². The second-order valence-corrected chi connectivity index (χ2v) is 10.2. The Balaban J connectivity index is 1.91. The molecule has 0 saturated carbocycles. The van der Waals surface area contributed by atoms with Crippen LogP contribution in [0, 0.1) is 0 Å². The van der Waals surface area contributed by atoms with Crippen LogP contribution < -0.4 is 14.3 Å². The number of para-hydroxylation sites is 1. The summed E-state index contributed by atoms with van der Waals surface area (Å²) in [5.41, 5.74) is 4.85. The van der Waals surface area contributed by atoms with Gasteiger partial charge in [0.25, 0.3) is 6.71 Å². The summed E-state index contributed by atoms with van der Waals surface area (Å²) >= 11 is 5.43. The van der Waals surface area contributed by atoms with Gasteiger partial charge in [0.15, 0.2) is 0 Å². The van der Waals surface area contributed by atoms with Gasteiger partial charge in [-0.2, -0.15) is 22.7 Å². The molecule has 156 valence electrons. The van der Waals surface area contributed by atoms with Crippen molar-refractivity contribution in [1.29, 1.82) is 0 Å². The lowest BCUT2D eigenvalue weighted by molar-refractivity contribution is 0.413. The molecule has 0 aliphatic carbocycles. The Kier molecular flexibility index (Phi) is 6.40. The molecule has 0 radical (unpaired) electrons. The Morgan fingerprint density at radius 2 is 1.28 bits per heavy atom. The lowest BCUT2D eigenvalue weighted by atomic mass is 9.40. The lowest BCUT2D eigenvalue weighted by Crippen LogP contribution is -2.40. The molecule has 0 amide bonds. The first kappa shape index (κ1) is 21.0. The van der Waals surface area contributed by atoms with Gasteiger partial charge in [0.2, 0.25) is 0 Å². The maximum atomic E-state index is 5.85. The predicted molar refractivity (Wildman–Crippen MR) is 143 cm³/mol. The van der Waals surface area contributed by atoms with Crippen LogP contribution in [0.1, 0.15) is 16.0 Å². The summed E-state index contributed by atoms with van der Waals surface area (Å²) in [6, 6.07) is 32.3. The van der Waals surface area contributed by atoms with Crippen LogP contribution in [0.2, 0.25) is 0 Å². The molecule has 0 aliphatic heterocycles.